The van der Waals surface area contributed by atoms with Gasteiger partial charge in [0.05, 0.1) is 0 Å². The van der Waals surface area contributed by atoms with Gasteiger partial charge in [0.25, 0.3) is 0 Å². The van der Waals surface area contributed by atoms with Crippen LogP contribution in [-0.4, -0.2) is 5.08 Å². The second kappa shape index (κ2) is 4.26. The summed E-state index contributed by atoms with van der Waals surface area (Å²) in [5.74, 6) is 0. The smallest absolute Gasteiger partial charge is 0.0485 e. The van der Waals surface area contributed by atoms with Crippen molar-refractivity contribution in [2.75, 3.05) is 5.08 Å². The van der Waals surface area contributed by atoms with Gasteiger partial charge in [-0.2, -0.15) is 12.6 Å². The Labute approximate surface area is 41.7 Å². The van der Waals surface area contributed by atoms with Crippen molar-refractivity contribution in [2.45, 2.75) is 0 Å². The Morgan fingerprint density at radius 3 is 2.60 bits per heavy atom. The van der Waals surface area contributed by atoms with E-state index in [0.717, 1.165) is 5.08 Å². The van der Waals surface area contributed by atoms with E-state index in [4.69, 9.17) is 6.42 Å². The molecule has 0 aromatic heterocycles. The molecule has 0 aliphatic rings. The molecule has 0 saturated heterocycles. The fourth-order valence-electron chi connectivity index (χ4n) is 0.0373. The maximum Gasteiger partial charge on any atom is 0.0485 e. The topological polar surface area (TPSA) is 0 Å². The van der Waals surface area contributed by atoms with Crippen LogP contribution < -0.4 is 0 Å². The van der Waals surface area contributed by atoms with Gasteiger partial charge in [-0.05, 0) is 5.25 Å². The normalized spacial score (nSPS) is 6.40. The molecule has 0 rings (SSSR count). The van der Waals surface area contributed by atoms with E-state index in [1.807, 2.05) is 0 Å². The van der Waals surface area contributed by atoms with Crippen LogP contribution in [0, 0.1) is 11.7 Å². The SMILES string of the molecule is C#CSCS. The zero-order chi connectivity index (χ0) is 4.12. The summed E-state index contributed by atoms with van der Waals surface area (Å²) in [6, 6.07) is 0. The van der Waals surface area contributed by atoms with E-state index in [1.165, 1.54) is 11.8 Å². The summed E-state index contributed by atoms with van der Waals surface area (Å²) in [5.41, 5.74) is 0. The van der Waals surface area contributed by atoms with Crippen molar-refractivity contribution >= 4 is 24.4 Å². The van der Waals surface area contributed by atoms with Gasteiger partial charge in [-0.1, -0.05) is 11.8 Å². The molecule has 0 saturated carbocycles. The van der Waals surface area contributed by atoms with Gasteiger partial charge in [-0.15, -0.1) is 6.42 Å². The van der Waals surface area contributed by atoms with Gasteiger partial charge in [0, 0.05) is 5.08 Å². The average Bonchev–Trinajstić information content (AvgIpc) is 1.41. The molecule has 0 aliphatic carbocycles. The Balaban J connectivity index is 2.48. The van der Waals surface area contributed by atoms with Crippen LogP contribution in [0.5, 0.6) is 0 Å². The van der Waals surface area contributed by atoms with Crippen LogP contribution in [0.25, 0.3) is 0 Å². The molecule has 2 heteroatoms. The highest BCUT2D eigenvalue weighted by molar-refractivity contribution is 8.12. The van der Waals surface area contributed by atoms with Gasteiger partial charge in [0.2, 0.25) is 0 Å². The first-order chi connectivity index (χ1) is 2.41. The van der Waals surface area contributed by atoms with Gasteiger partial charge < -0.3 is 0 Å². The lowest BCUT2D eigenvalue weighted by atomic mass is 11.4. The minimum Gasteiger partial charge on any atom is -0.167 e. The van der Waals surface area contributed by atoms with Gasteiger partial charge in [-0.25, -0.2) is 0 Å². The molecule has 0 bridgehead atoms. The third-order valence-corrected chi connectivity index (χ3v) is 0.831. The van der Waals surface area contributed by atoms with E-state index < -0.39 is 0 Å². The average molecular weight is 104 g/mol. The number of terminal acetylenes is 1. The van der Waals surface area contributed by atoms with E-state index in [1.54, 1.807) is 0 Å². The van der Waals surface area contributed by atoms with Crippen LogP contribution in [0.15, 0.2) is 0 Å². The summed E-state index contributed by atoms with van der Waals surface area (Å²) >= 11 is 5.18. The largest absolute Gasteiger partial charge is 0.167 e. The van der Waals surface area contributed by atoms with Gasteiger partial charge >= 0.3 is 0 Å². The Morgan fingerprint density at radius 1 is 2.00 bits per heavy atom. The van der Waals surface area contributed by atoms with Crippen molar-refractivity contribution < 1.29 is 0 Å². The van der Waals surface area contributed by atoms with Gasteiger partial charge in [0.15, 0.2) is 0 Å². The molecule has 5 heavy (non-hydrogen) atoms. The van der Waals surface area contributed by atoms with E-state index in [0.29, 0.717) is 0 Å². The highest BCUT2D eigenvalue weighted by Gasteiger charge is 1.62. The Bertz CT molecular complexity index is 43.3. The lowest BCUT2D eigenvalue weighted by Gasteiger charge is -1.69. The molecule has 0 nitrogen and oxygen atoms in total. The summed E-state index contributed by atoms with van der Waals surface area (Å²) in [7, 11) is 0. The van der Waals surface area contributed by atoms with Crippen molar-refractivity contribution in [3.8, 4) is 11.7 Å². The van der Waals surface area contributed by atoms with Crippen LogP contribution in [0.4, 0.5) is 0 Å². The summed E-state index contributed by atoms with van der Waals surface area (Å²) in [6.07, 6.45) is 4.80. The lowest BCUT2D eigenvalue weighted by Crippen LogP contribution is -1.45. The molecule has 0 fully saturated rings. The van der Waals surface area contributed by atoms with Crippen LogP contribution in [0.2, 0.25) is 0 Å². The molecule has 28 valence electrons. The van der Waals surface area contributed by atoms with Crippen LogP contribution >= 0.6 is 24.4 Å². The Morgan fingerprint density at radius 2 is 2.60 bits per heavy atom. The third kappa shape index (κ3) is 4.26. The van der Waals surface area contributed by atoms with Crippen LogP contribution in [0.1, 0.15) is 0 Å². The Kier molecular flexibility index (Phi) is 4.48. The monoisotopic (exact) mass is 104 g/mol. The highest BCUT2D eigenvalue weighted by atomic mass is 32.2. The molecular formula is C3H4S2. The van der Waals surface area contributed by atoms with Gasteiger partial charge in [-0.3, -0.25) is 0 Å². The number of hydrogen-bond acceptors (Lipinski definition) is 2. The lowest BCUT2D eigenvalue weighted by molar-refractivity contribution is 2.34. The van der Waals surface area contributed by atoms with Crippen LogP contribution in [-0.2, 0) is 0 Å². The molecule has 0 spiro atoms. The molecule has 0 aliphatic heterocycles. The molecule has 0 N–H and O–H groups in total. The molecule has 0 unspecified atom stereocenters. The van der Waals surface area contributed by atoms with Crippen molar-refractivity contribution in [3.63, 3.8) is 0 Å². The molecule has 0 atom stereocenters. The standard InChI is InChI=1S/C3H4S2/c1-2-5-3-4/h1,4H,3H2. The van der Waals surface area contributed by atoms with Crippen molar-refractivity contribution in [1.82, 2.24) is 0 Å². The fraction of sp³-hybridized carbons (Fsp3) is 0.333. The number of rotatable bonds is 1. The molecule has 0 radical (unpaired) electrons. The first-order valence-electron chi connectivity index (χ1n) is 1.10. The summed E-state index contributed by atoms with van der Waals surface area (Å²) in [6.45, 7) is 0. The summed E-state index contributed by atoms with van der Waals surface area (Å²) in [5, 5.41) is 3.08. The molecule has 0 aromatic carbocycles. The zero-order valence-electron chi connectivity index (χ0n) is 2.64. The predicted octanol–water partition coefficient (Wildman–Crippen LogP) is 1.20. The van der Waals surface area contributed by atoms with Crippen molar-refractivity contribution in [1.29, 1.82) is 0 Å². The fourth-order valence-corrected chi connectivity index (χ4v) is 0.335. The molecule has 0 aromatic rings. The minimum atomic E-state index is 0.719. The second-order valence-corrected chi connectivity index (χ2v) is 1.95. The summed E-state index contributed by atoms with van der Waals surface area (Å²) < 4.78 is 0. The van der Waals surface area contributed by atoms with Crippen molar-refractivity contribution in [2.24, 2.45) is 0 Å². The number of thiol groups is 1. The Hall–Kier alpha value is 0.260. The zero-order valence-corrected chi connectivity index (χ0v) is 4.35. The molecule has 0 heterocycles. The molecular weight excluding hydrogens is 100 g/mol. The van der Waals surface area contributed by atoms with Crippen molar-refractivity contribution in [3.05, 3.63) is 0 Å². The predicted molar refractivity (Wildman–Crippen MR) is 30.3 cm³/mol. The van der Waals surface area contributed by atoms with Gasteiger partial charge in [0.1, 0.15) is 0 Å². The first kappa shape index (κ1) is 5.26. The minimum absolute atomic E-state index is 0.719. The van der Waals surface area contributed by atoms with E-state index in [9.17, 15) is 0 Å². The summed E-state index contributed by atoms with van der Waals surface area (Å²) in [4.78, 5) is 0. The maximum atomic E-state index is 4.80. The highest BCUT2D eigenvalue weighted by Crippen LogP contribution is 1.94. The maximum absolute atomic E-state index is 4.80. The second-order valence-electron chi connectivity index (χ2n) is 0.391. The quantitative estimate of drug-likeness (QED) is 0.296. The van der Waals surface area contributed by atoms with Crippen LogP contribution in [0.3, 0.4) is 0 Å². The molecule has 0 amide bonds. The first-order valence-corrected chi connectivity index (χ1v) is 2.72. The van der Waals surface area contributed by atoms with E-state index in [-0.39, 0.29) is 0 Å². The number of thioether (sulfide) groups is 1. The third-order valence-electron chi connectivity index (χ3n) is 0.148. The number of hydrogen-bond donors (Lipinski definition) is 1. The van der Waals surface area contributed by atoms with E-state index in [2.05, 4.69) is 17.9 Å². The van der Waals surface area contributed by atoms with E-state index >= 15 is 0 Å².